The van der Waals surface area contributed by atoms with Gasteiger partial charge in [-0.25, -0.2) is 4.39 Å². The van der Waals surface area contributed by atoms with Crippen molar-refractivity contribution in [3.63, 3.8) is 0 Å². The molecule has 1 N–H and O–H groups in total. The molecular formula is C28H28FN3O2. The topological polar surface area (TPSA) is 64.1 Å². The molecule has 0 bridgehead atoms. The van der Waals surface area contributed by atoms with Gasteiger partial charge in [0, 0.05) is 29.1 Å². The highest BCUT2D eigenvalue weighted by Crippen LogP contribution is 2.64. The number of pyridine rings is 2. The summed E-state index contributed by atoms with van der Waals surface area (Å²) in [5, 5.41) is 3.88. The van der Waals surface area contributed by atoms with E-state index in [9.17, 15) is 9.18 Å². The molecule has 1 unspecified atom stereocenters. The van der Waals surface area contributed by atoms with Crippen LogP contribution in [0.25, 0.3) is 10.9 Å². The van der Waals surface area contributed by atoms with Crippen LogP contribution in [-0.2, 0) is 4.79 Å². The Morgan fingerprint density at radius 3 is 2.56 bits per heavy atom. The Hall–Kier alpha value is -3.02. The zero-order chi connectivity index (χ0) is 22.8. The van der Waals surface area contributed by atoms with Crippen LogP contribution >= 0.6 is 0 Å². The highest BCUT2D eigenvalue weighted by molar-refractivity contribution is 5.93. The lowest BCUT2D eigenvalue weighted by Gasteiger charge is -2.22. The summed E-state index contributed by atoms with van der Waals surface area (Å²) < 4.78 is 20.1. The Morgan fingerprint density at radius 2 is 1.85 bits per heavy atom. The normalized spacial score (nSPS) is 28.4. The van der Waals surface area contributed by atoms with E-state index < -0.39 is 0 Å². The van der Waals surface area contributed by atoms with Crippen molar-refractivity contribution < 1.29 is 13.9 Å². The van der Waals surface area contributed by atoms with E-state index in [0.29, 0.717) is 35.3 Å². The summed E-state index contributed by atoms with van der Waals surface area (Å²) in [5.74, 6) is 3.35. The molecule has 3 aromatic rings. The molecule has 0 spiro atoms. The zero-order valence-electron chi connectivity index (χ0n) is 19.0. The van der Waals surface area contributed by atoms with Gasteiger partial charge in [0.1, 0.15) is 11.6 Å². The summed E-state index contributed by atoms with van der Waals surface area (Å²) in [5.41, 5.74) is 2.69. The molecule has 4 aliphatic carbocycles. The maximum atomic E-state index is 13.8. The van der Waals surface area contributed by atoms with Crippen molar-refractivity contribution in [1.29, 1.82) is 0 Å². The number of ether oxygens (including phenoxy) is 1. The lowest BCUT2D eigenvalue weighted by Crippen LogP contribution is -2.29. The van der Waals surface area contributed by atoms with Crippen LogP contribution in [0.4, 0.5) is 10.1 Å². The molecule has 2 heterocycles. The summed E-state index contributed by atoms with van der Waals surface area (Å²) in [6.07, 6.45) is 10.3. The number of carbonyl (C=O) groups is 1. The van der Waals surface area contributed by atoms with Crippen molar-refractivity contribution >= 4 is 22.5 Å². The number of nitrogens with zero attached hydrogens (tertiary/aromatic N) is 2. The largest absolute Gasteiger partial charge is 0.490 e. The summed E-state index contributed by atoms with van der Waals surface area (Å²) in [7, 11) is 0. The Kier molecular flexibility index (Phi) is 4.64. The molecular weight excluding hydrogens is 429 g/mol. The fourth-order valence-electron chi connectivity index (χ4n) is 6.33. The van der Waals surface area contributed by atoms with Gasteiger partial charge in [-0.2, -0.15) is 0 Å². The minimum absolute atomic E-state index is 0.0925. The van der Waals surface area contributed by atoms with E-state index in [-0.39, 0.29) is 23.7 Å². The minimum Gasteiger partial charge on any atom is -0.490 e. The van der Waals surface area contributed by atoms with Crippen molar-refractivity contribution in [2.75, 3.05) is 5.32 Å². The van der Waals surface area contributed by atoms with Gasteiger partial charge < -0.3 is 10.1 Å². The average Bonchev–Trinajstić information content (AvgIpc) is 3.74. The molecule has 174 valence electrons. The van der Waals surface area contributed by atoms with E-state index in [1.165, 1.54) is 25.0 Å². The minimum atomic E-state index is -0.282. The molecule has 6 heteroatoms. The average molecular weight is 458 g/mol. The van der Waals surface area contributed by atoms with Crippen molar-refractivity contribution in [2.45, 2.75) is 50.5 Å². The third-order valence-corrected chi connectivity index (χ3v) is 8.32. The highest BCUT2D eigenvalue weighted by Gasteiger charge is 2.63. The Labute approximate surface area is 198 Å². The van der Waals surface area contributed by atoms with Crippen molar-refractivity contribution in [2.24, 2.45) is 29.6 Å². The maximum Gasteiger partial charge on any atom is 0.228 e. The second-order valence-corrected chi connectivity index (χ2v) is 10.7. The van der Waals surface area contributed by atoms with Crippen LogP contribution in [0.5, 0.6) is 5.75 Å². The van der Waals surface area contributed by atoms with Crippen LogP contribution in [0, 0.1) is 35.4 Å². The first-order chi connectivity index (χ1) is 16.6. The van der Waals surface area contributed by atoms with E-state index in [0.717, 1.165) is 48.0 Å². The van der Waals surface area contributed by atoms with Gasteiger partial charge in [-0.15, -0.1) is 0 Å². The van der Waals surface area contributed by atoms with Crippen LogP contribution < -0.4 is 10.1 Å². The van der Waals surface area contributed by atoms with Gasteiger partial charge in [-0.1, -0.05) is 0 Å². The van der Waals surface area contributed by atoms with E-state index in [1.807, 2.05) is 18.3 Å². The lowest BCUT2D eigenvalue weighted by molar-refractivity contribution is -0.121. The number of halogens is 1. The van der Waals surface area contributed by atoms with Gasteiger partial charge in [-0.05, 0) is 98.6 Å². The zero-order valence-corrected chi connectivity index (χ0v) is 19.0. The predicted octanol–water partition coefficient (Wildman–Crippen LogP) is 5.71. The molecule has 4 aliphatic rings. The molecule has 0 aliphatic heterocycles. The van der Waals surface area contributed by atoms with E-state index in [2.05, 4.69) is 21.4 Å². The lowest BCUT2D eigenvalue weighted by atomic mass is 9.91. The van der Waals surface area contributed by atoms with E-state index >= 15 is 0 Å². The van der Waals surface area contributed by atoms with Gasteiger partial charge >= 0.3 is 0 Å². The smallest absolute Gasteiger partial charge is 0.228 e. The third kappa shape index (κ3) is 3.73. The first-order valence-corrected chi connectivity index (χ1v) is 12.6. The number of rotatable bonds is 7. The van der Waals surface area contributed by atoms with Crippen LogP contribution in [0.2, 0.25) is 0 Å². The second-order valence-electron chi connectivity index (χ2n) is 10.7. The second kappa shape index (κ2) is 7.76. The number of hydrogen-bond acceptors (Lipinski definition) is 4. The van der Waals surface area contributed by atoms with Crippen LogP contribution in [0.15, 0.2) is 48.8 Å². The summed E-state index contributed by atoms with van der Waals surface area (Å²) in [6, 6.07) is 10.5. The fourth-order valence-corrected chi connectivity index (χ4v) is 6.33. The van der Waals surface area contributed by atoms with Gasteiger partial charge in [-0.3, -0.25) is 14.8 Å². The van der Waals surface area contributed by atoms with Crippen LogP contribution in [0.3, 0.4) is 0 Å². The van der Waals surface area contributed by atoms with Crippen LogP contribution in [0.1, 0.15) is 50.1 Å². The molecule has 1 amide bonds. The number of aromatic nitrogens is 2. The number of fused-ring (bicyclic) bond motifs is 2. The quantitative estimate of drug-likeness (QED) is 0.493. The third-order valence-electron chi connectivity index (χ3n) is 8.32. The SMILES string of the molecule is O=C(Nc1ccc(C2CC2)nc1)C(C1CC1)[C@@H]1[C@@H]2C[C@@H](Oc3ccnc4ccc(F)cc34)C[C@@H]21. The first-order valence-electron chi connectivity index (χ1n) is 12.6. The summed E-state index contributed by atoms with van der Waals surface area (Å²) >= 11 is 0. The Balaban J connectivity index is 1.01. The molecule has 2 aromatic heterocycles. The number of anilines is 1. The Bertz CT molecular complexity index is 1240. The highest BCUT2D eigenvalue weighted by atomic mass is 19.1. The van der Waals surface area contributed by atoms with Crippen molar-refractivity contribution in [3.05, 3.63) is 60.3 Å². The van der Waals surface area contributed by atoms with Crippen LogP contribution in [-0.4, -0.2) is 22.0 Å². The summed E-state index contributed by atoms with van der Waals surface area (Å²) in [4.78, 5) is 22.1. The molecule has 4 saturated carbocycles. The maximum absolute atomic E-state index is 13.8. The van der Waals surface area contributed by atoms with Gasteiger partial charge in [0.2, 0.25) is 5.91 Å². The molecule has 0 radical (unpaired) electrons. The fraction of sp³-hybridized carbons (Fsp3) is 0.464. The van der Waals surface area contributed by atoms with Gasteiger partial charge in [0.25, 0.3) is 0 Å². The molecule has 5 nitrogen and oxygen atoms in total. The Morgan fingerprint density at radius 1 is 1.03 bits per heavy atom. The van der Waals surface area contributed by atoms with Gasteiger partial charge in [0.05, 0.1) is 23.5 Å². The standard InChI is InChI=1S/C28H28FN3O2/c29-17-5-7-24-22(11-17)25(9-10-30-24)34-19-12-20-21(13-19)27(20)26(16-3-4-16)28(33)32-18-6-8-23(31-14-18)15-1-2-15/h5-11,14-16,19-21,26-27H,1-4,12-13H2,(H,32,33)/t19-,20-,21+,26?,27-. The van der Waals surface area contributed by atoms with Gasteiger partial charge in [0.15, 0.2) is 0 Å². The summed E-state index contributed by atoms with van der Waals surface area (Å²) in [6.45, 7) is 0. The number of nitrogens with one attached hydrogen (secondary N) is 1. The number of hydrogen-bond donors (Lipinski definition) is 1. The van der Waals surface area contributed by atoms with Crippen molar-refractivity contribution in [1.82, 2.24) is 9.97 Å². The number of carbonyl (C=O) groups excluding carboxylic acids is 1. The molecule has 4 fully saturated rings. The molecule has 1 aromatic carbocycles. The molecule has 34 heavy (non-hydrogen) atoms. The van der Waals surface area contributed by atoms with Crippen molar-refractivity contribution in [3.8, 4) is 5.75 Å². The monoisotopic (exact) mass is 457 g/mol. The molecule has 0 saturated heterocycles. The number of benzene rings is 1. The first kappa shape index (κ1) is 20.4. The number of amides is 1. The van der Waals surface area contributed by atoms with E-state index in [1.54, 1.807) is 12.3 Å². The predicted molar refractivity (Wildman–Crippen MR) is 127 cm³/mol. The molecule has 7 rings (SSSR count). The van der Waals surface area contributed by atoms with E-state index in [4.69, 9.17) is 4.74 Å². The molecule has 5 atom stereocenters.